The Morgan fingerprint density at radius 2 is 1.82 bits per heavy atom. The van der Waals surface area contributed by atoms with E-state index in [-0.39, 0.29) is 27.6 Å². The van der Waals surface area contributed by atoms with Gasteiger partial charge in [0, 0.05) is 19.2 Å². The highest BCUT2D eigenvalue weighted by Gasteiger charge is 2.15. The second kappa shape index (κ2) is 9.96. The molecule has 6 nitrogen and oxygen atoms in total. The van der Waals surface area contributed by atoms with Crippen LogP contribution < -0.4 is 10.3 Å². The van der Waals surface area contributed by atoms with Crippen molar-refractivity contribution in [3.05, 3.63) is 99.1 Å². The SMILES string of the molecule is CN(CCCOc1ccc(F)cc1)C(=O)c1ccc2c(=O)n(-c3ccccc3F)c(=S)[nH]c2c1. The first-order chi connectivity index (χ1) is 16.3. The molecule has 0 atom stereocenters. The molecule has 3 aromatic carbocycles. The number of H-pyrrole nitrogens is 1. The summed E-state index contributed by atoms with van der Waals surface area (Å²) in [6.45, 7) is 0.798. The lowest BCUT2D eigenvalue weighted by Gasteiger charge is -2.18. The standard InChI is InChI=1S/C25H21F2N3O3S/c1-29(13-4-14-33-18-10-8-17(26)9-11-18)23(31)16-7-12-19-21(15-16)28-25(34)30(24(19)32)22-6-3-2-5-20(22)27/h2-3,5-12,15H,4,13-14H2,1H3,(H,28,34). The van der Waals surface area contributed by atoms with Gasteiger partial charge < -0.3 is 14.6 Å². The van der Waals surface area contributed by atoms with Gasteiger partial charge in [-0.2, -0.15) is 0 Å². The van der Waals surface area contributed by atoms with Gasteiger partial charge >= 0.3 is 0 Å². The van der Waals surface area contributed by atoms with Crippen LogP contribution in [0.15, 0.2) is 71.5 Å². The van der Waals surface area contributed by atoms with Gasteiger partial charge in [-0.25, -0.2) is 13.3 Å². The molecule has 1 heterocycles. The highest BCUT2D eigenvalue weighted by molar-refractivity contribution is 7.71. The number of para-hydroxylation sites is 1. The smallest absolute Gasteiger partial charge is 0.266 e. The van der Waals surface area contributed by atoms with Crippen LogP contribution in [0.3, 0.4) is 0 Å². The maximum Gasteiger partial charge on any atom is 0.266 e. The number of amides is 1. The zero-order chi connectivity index (χ0) is 24.2. The zero-order valence-corrected chi connectivity index (χ0v) is 19.1. The molecule has 0 saturated carbocycles. The van der Waals surface area contributed by atoms with Crippen LogP contribution in [-0.2, 0) is 0 Å². The fourth-order valence-corrected chi connectivity index (χ4v) is 3.84. The first-order valence-corrected chi connectivity index (χ1v) is 10.9. The average molecular weight is 482 g/mol. The lowest BCUT2D eigenvalue weighted by atomic mass is 10.1. The fourth-order valence-electron chi connectivity index (χ4n) is 3.55. The summed E-state index contributed by atoms with van der Waals surface area (Å²) in [7, 11) is 1.67. The van der Waals surface area contributed by atoms with E-state index in [1.165, 1.54) is 36.4 Å². The van der Waals surface area contributed by atoms with Crippen molar-refractivity contribution in [1.29, 1.82) is 0 Å². The molecule has 1 N–H and O–H groups in total. The molecule has 34 heavy (non-hydrogen) atoms. The van der Waals surface area contributed by atoms with E-state index < -0.39 is 11.4 Å². The van der Waals surface area contributed by atoms with E-state index in [1.54, 1.807) is 42.3 Å². The molecule has 0 aliphatic heterocycles. The number of nitrogens with zero attached hydrogens (tertiary/aromatic N) is 2. The number of hydrogen-bond acceptors (Lipinski definition) is 4. The second-order valence-electron chi connectivity index (χ2n) is 7.67. The number of carbonyl (C=O) groups excluding carboxylic acids is 1. The number of hydrogen-bond donors (Lipinski definition) is 1. The number of halogens is 2. The predicted molar refractivity (Wildman–Crippen MR) is 128 cm³/mol. The third-order valence-electron chi connectivity index (χ3n) is 5.30. The molecule has 0 fully saturated rings. The molecule has 4 aromatic rings. The van der Waals surface area contributed by atoms with Crippen LogP contribution in [0, 0.1) is 16.4 Å². The van der Waals surface area contributed by atoms with Gasteiger partial charge in [0.15, 0.2) is 4.77 Å². The predicted octanol–water partition coefficient (Wildman–Crippen LogP) is 4.87. The monoisotopic (exact) mass is 481 g/mol. The van der Waals surface area contributed by atoms with Crippen molar-refractivity contribution in [2.45, 2.75) is 6.42 Å². The molecule has 0 bridgehead atoms. The Hall–Kier alpha value is -3.85. The molecule has 1 aromatic heterocycles. The maximum absolute atomic E-state index is 14.2. The second-order valence-corrected chi connectivity index (χ2v) is 8.05. The van der Waals surface area contributed by atoms with Crippen LogP contribution in [0.1, 0.15) is 16.8 Å². The number of nitrogens with one attached hydrogen (secondary N) is 1. The molecular formula is C25H21F2N3O3S. The summed E-state index contributed by atoms with van der Waals surface area (Å²) >= 11 is 5.30. The van der Waals surface area contributed by atoms with Gasteiger partial charge in [-0.05, 0) is 73.2 Å². The van der Waals surface area contributed by atoms with E-state index in [0.717, 1.165) is 4.57 Å². The van der Waals surface area contributed by atoms with E-state index in [2.05, 4.69) is 4.98 Å². The minimum atomic E-state index is -0.569. The summed E-state index contributed by atoms with van der Waals surface area (Å²) in [4.78, 5) is 30.3. The van der Waals surface area contributed by atoms with Crippen molar-refractivity contribution in [1.82, 2.24) is 14.5 Å². The molecule has 0 radical (unpaired) electrons. The summed E-state index contributed by atoms with van der Waals surface area (Å²) < 4.78 is 33.9. The Morgan fingerprint density at radius 3 is 2.56 bits per heavy atom. The van der Waals surface area contributed by atoms with Crippen molar-refractivity contribution in [2.75, 3.05) is 20.2 Å². The van der Waals surface area contributed by atoms with Crippen LogP contribution in [-0.4, -0.2) is 40.6 Å². The van der Waals surface area contributed by atoms with Crippen molar-refractivity contribution < 1.29 is 18.3 Å². The molecule has 0 saturated heterocycles. The first-order valence-electron chi connectivity index (χ1n) is 10.5. The topological polar surface area (TPSA) is 67.3 Å². The van der Waals surface area contributed by atoms with Gasteiger partial charge in [0.05, 0.1) is 23.2 Å². The summed E-state index contributed by atoms with van der Waals surface area (Å²) in [5, 5.41) is 0.281. The number of ether oxygens (including phenoxy) is 1. The minimum absolute atomic E-state index is 0.0264. The third-order valence-corrected chi connectivity index (χ3v) is 5.59. The van der Waals surface area contributed by atoms with E-state index >= 15 is 0 Å². The van der Waals surface area contributed by atoms with Gasteiger partial charge in [0.1, 0.15) is 17.4 Å². The molecule has 9 heteroatoms. The molecule has 4 rings (SSSR count). The minimum Gasteiger partial charge on any atom is -0.494 e. The van der Waals surface area contributed by atoms with E-state index in [1.807, 2.05) is 0 Å². The highest BCUT2D eigenvalue weighted by atomic mass is 32.1. The van der Waals surface area contributed by atoms with Gasteiger partial charge in [0.2, 0.25) is 0 Å². The highest BCUT2D eigenvalue weighted by Crippen LogP contribution is 2.17. The summed E-state index contributed by atoms with van der Waals surface area (Å²) in [5.74, 6) is -0.581. The number of benzene rings is 3. The van der Waals surface area contributed by atoms with E-state index in [4.69, 9.17) is 17.0 Å². The van der Waals surface area contributed by atoms with E-state index in [0.29, 0.717) is 36.4 Å². The van der Waals surface area contributed by atoms with Crippen LogP contribution in [0.25, 0.3) is 16.6 Å². The normalized spacial score (nSPS) is 10.9. The van der Waals surface area contributed by atoms with Gasteiger partial charge in [-0.15, -0.1) is 0 Å². The lowest BCUT2D eigenvalue weighted by molar-refractivity contribution is 0.0788. The number of aromatic nitrogens is 2. The van der Waals surface area contributed by atoms with Crippen molar-refractivity contribution in [3.63, 3.8) is 0 Å². The van der Waals surface area contributed by atoms with Crippen LogP contribution >= 0.6 is 12.2 Å². The average Bonchev–Trinajstić information content (AvgIpc) is 2.83. The molecule has 0 unspecified atom stereocenters. The van der Waals surface area contributed by atoms with Crippen LogP contribution in [0.4, 0.5) is 8.78 Å². The molecule has 1 amide bonds. The quantitative estimate of drug-likeness (QED) is 0.302. The van der Waals surface area contributed by atoms with Crippen molar-refractivity contribution in [2.24, 2.45) is 0 Å². The first kappa shape index (κ1) is 23.3. The Morgan fingerprint density at radius 1 is 1.09 bits per heavy atom. The van der Waals surface area contributed by atoms with Gasteiger partial charge in [0.25, 0.3) is 11.5 Å². The molecule has 0 spiro atoms. The van der Waals surface area contributed by atoms with Crippen molar-refractivity contribution in [3.8, 4) is 11.4 Å². The zero-order valence-electron chi connectivity index (χ0n) is 18.3. The van der Waals surface area contributed by atoms with Crippen LogP contribution in [0.5, 0.6) is 5.75 Å². The Labute approximate surface area is 199 Å². The lowest BCUT2D eigenvalue weighted by Crippen LogP contribution is -2.29. The number of carbonyl (C=O) groups is 1. The third kappa shape index (κ3) is 4.89. The van der Waals surface area contributed by atoms with Gasteiger partial charge in [-0.3, -0.25) is 9.59 Å². The number of aromatic amines is 1. The number of rotatable bonds is 7. The van der Waals surface area contributed by atoms with E-state index in [9.17, 15) is 18.4 Å². The largest absolute Gasteiger partial charge is 0.494 e. The Balaban J connectivity index is 1.48. The van der Waals surface area contributed by atoms with Crippen LogP contribution in [0.2, 0.25) is 0 Å². The molecule has 0 aliphatic rings. The summed E-state index contributed by atoms with van der Waals surface area (Å²) in [6, 6.07) is 16.2. The fraction of sp³-hybridized carbons (Fsp3) is 0.160. The summed E-state index contributed by atoms with van der Waals surface area (Å²) in [5.41, 5.74) is 0.345. The molecular weight excluding hydrogens is 460 g/mol. The summed E-state index contributed by atoms with van der Waals surface area (Å²) in [6.07, 6.45) is 0.572. The Kier molecular flexibility index (Phi) is 6.83. The maximum atomic E-state index is 14.2. The molecule has 0 aliphatic carbocycles. The molecule has 174 valence electrons. The Bertz CT molecular complexity index is 1470. The number of fused-ring (bicyclic) bond motifs is 1. The van der Waals surface area contributed by atoms with Crippen molar-refractivity contribution >= 4 is 29.0 Å². The van der Waals surface area contributed by atoms with Gasteiger partial charge in [-0.1, -0.05) is 12.1 Å².